The Hall–Kier alpha value is 0.540. The van der Waals surface area contributed by atoms with E-state index in [9.17, 15) is 4.79 Å². The summed E-state index contributed by atoms with van der Waals surface area (Å²) in [5.41, 5.74) is 0. The number of rotatable bonds is 29. The molecule has 0 aromatic rings. The lowest BCUT2D eigenvalue weighted by molar-refractivity contribution is -0.210. The Morgan fingerprint density at radius 1 is 0.784 bits per heavy atom. The maximum atomic E-state index is 11.7. The molecule has 0 aliphatic carbocycles. The number of nitrogens with zero attached hydrogens (tertiary/aromatic N) is 2. The predicted molar refractivity (Wildman–Crippen MR) is 170 cm³/mol. The fourth-order valence-electron chi connectivity index (χ4n) is 1.76. The number of aliphatic imine (C=N–C) groups is 2. The molecule has 0 rings (SSSR count). The molecule has 0 atom stereocenters. The third-order valence-corrected chi connectivity index (χ3v) is 10.5. The number of aliphatic hydroxyl groups is 1. The molecule has 0 saturated carbocycles. The summed E-state index contributed by atoms with van der Waals surface area (Å²) >= 11 is 11.8. The minimum atomic E-state index is -0.371. The summed E-state index contributed by atoms with van der Waals surface area (Å²) in [6, 6.07) is 0. The summed E-state index contributed by atoms with van der Waals surface area (Å²) in [7, 11) is 0. The van der Waals surface area contributed by atoms with Gasteiger partial charge in [-0.05, 0) is 5.75 Å². The van der Waals surface area contributed by atoms with Crippen molar-refractivity contribution in [2.75, 3.05) is 94.5 Å². The highest BCUT2D eigenvalue weighted by Crippen LogP contribution is 2.12. The van der Waals surface area contributed by atoms with Gasteiger partial charge in [-0.2, -0.15) is 21.5 Å². The molecule has 0 aromatic heterocycles. The van der Waals surface area contributed by atoms with E-state index in [0.717, 1.165) is 56.3 Å². The number of amides is 1. The monoisotopic (exact) mass is 657 g/mol. The smallest absolute Gasteiger partial charge is 0.407 e. The second kappa shape index (κ2) is 34.6. The molecule has 10 nitrogen and oxygen atoms in total. The fraction of sp³-hybridized carbons (Fsp3) is 0.850. The molecule has 17 heteroatoms. The number of ether oxygens (including phenoxy) is 1. The summed E-state index contributed by atoms with van der Waals surface area (Å²) in [6.07, 6.45) is 2.29. The van der Waals surface area contributed by atoms with Crippen LogP contribution in [0.3, 0.4) is 0 Å². The highest BCUT2D eigenvalue weighted by atomic mass is 32.2. The molecule has 37 heavy (non-hydrogen) atoms. The van der Waals surface area contributed by atoms with Gasteiger partial charge in [0.1, 0.15) is 19.2 Å². The van der Waals surface area contributed by atoms with Gasteiger partial charge in [0.05, 0.1) is 19.0 Å². The van der Waals surface area contributed by atoms with Crippen LogP contribution in [0.15, 0.2) is 9.98 Å². The first-order valence-electron chi connectivity index (χ1n) is 11.4. The van der Waals surface area contributed by atoms with Gasteiger partial charge < -0.3 is 24.9 Å². The molecule has 0 heterocycles. The van der Waals surface area contributed by atoms with E-state index >= 15 is 0 Å². The molecule has 0 bridgehead atoms. The topological polar surface area (TPSA) is 120 Å². The Morgan fingerprint density at radius 3 is 2.14 bits per heavy atom. The normalized spacial score (nSPS) is 11.4. The van der Waals surface area contributed by atoms with Gasteiger partial charge in [0.2, 0.25) is 12.8 Å². The zero-order valence-electron chi connectivity index (χ0n) is 21.1. The van der Waals surface area contributed by atoms with E-state index in [4.69, 9.17) is 29.4 Å². The van der Waals surface area contributed by atoms with E-state index in [2.05, 4.69) is 22.2 Å². The number of thioether (sulfide) groups is 7. The summed E-state index contributed by atoms with van der Waals surface area (Å²) in [5, 5.41) is 14.0. The second-order valence-corrected chi connectivity index (χ2v) is 14.9. The van der Waals surface area contributed by atoms with E-state index in [-0.39, 0.29) is 12.0 Å². The minimum Gasteiger partial charge on any atom is -0.449 e. The molecule has 0 radical (unpaired) electrons. The number of carbonyl (C=O) groups excluding carboxylic acids is 1. The van der Waals surface area contributed by atoms with Crippen LogP contribution in [0.2, 0.25) is 0 Å². The highest BCUT2D eigenvalue weighted by Gasteiger charge is 2.01. The third kappa shape index (κ3) is 34.5. The maximum Gasteiger partial charge on any atom is 0.407 e. The molecule has 0 aliphatic heterocycles. The first-order chi connectivity index (χ1) is 18.3. The number of alkyl carbamates (subject to hydrolysis) is 1. The lowest BCUT2D eigenvalue weighted by atomic mass is 10.7. The van der Waals surface area contributed by atoms with Crippen LogP contribution in [0, 0.1) is 0 Å². The second-order valence-electron chi connectivity index (χ2n) is 6.06. The Bertz CT molecular complexity index is 545. The zero-order valence-corrected chi connectivity index (χ0v) is 26.8. The molecular formula is C20H39N3O7S7. The lowest BCUT2D eigenvalue weighted by Crippen LogP contribution is -2.27. The van der Waals surface area contributed by atoms with Crippen molar-refractivity contribution in [2.45, 2.75) is 6.92 Å². The summed E-state index contributed by atoms with van der Waals surface area (Å²) in [4.78, 5) is 39.4. The molecule has 0 aromatic carbocycles. The molecule has 0 unspecified atom stereocenters. The Kier molecular flexibility index (Phi) is 35.1. The Morgan fingerprint density at radius 2 is 1.41 bits per heavy atom. The van der Waals surface area contributed by atoms with E-state index in [1.54, 1.807) is 47.0 Å². The number of carbonyl (C=O) groups is 1. The number of aliphatic hydroxyl groups excluding tert-OH is 1. The molecular weight excluding hydrogens is 619 g/mol. The average molecular weight is 658 g/mol. The van der Waals surface area contributed by atoms with Gasteiger partial charge in [-0.15, -0.1) is 70.6 Å². The van der Waals surface area contributed by atoms with Crippen molar-refractivity contribution in [3.63, 3.8) is 0 Å². The average Bonchev–Trinajstić information content (AvgIpc) is 2.90. The summed E-state index contributed by atoms with van der Waals surface area (Å²) in [6.45, 7) is 4.99. The van der Waals surface area contributed by atoms with Crippen LogP contribution >= 0.6 is 82.3 Å². The largest absolute Gasteiger partial charge is 0.449 e. The van der Waals surface area contributed by atoms with E-state index < -0.39 is 0 Å². The molecule has 2 N–H and O–H groups in total. The van der Waals surface area contributed by atoms with Crippen LogP contribution in [0.4, 0.5) is 4.79 Å². The van der Waals surface area contributed by atoms with Gasteiger partial charge in [-0.3, -0.25) is 9.98 Å². The first kappa shape index (κ1) is 37.5. The van der Waals surface area contributed by atoms with Crippen LogP contribution in [0.25, 0.3) is 0 Å². The number of hydrogen-bond acceptors (Lipinski definition) is 16. The van der Waals surface area contributed by atoms with Crippen molar-refractivity contribution >= 4 is 101 Å². The Labute approximate surface area is 250 Å². The number of nitrogens with one attached hydrogen (secondary N) is 1. The molecule has 1 amide bonds. The molecule has 0 saturated heterocycles. The van der Waals surface area contributed by atoms with Crippen LogP contribution in [0.5, 0.6) is 0 Å². The maximum absolute atomic E-state index is 11.7. The van der Waals surface area contributed by atoms with E-state index in [0.29, 0.717) is 32.2 Å². The van der Waals surface area contributed by atoms with Gasteiger partial charge in [-0.1, -0.05) is 6.92 Å². The first-order valence-corrected chi connectivity index (χ1v) is 19.5. The predicted octanol–water partition coefficient (Wildman–Crippen LogP) is 4.60. The van der Waals surface area contributed by atoms with Gasteiger partial charge >= 0.3 is 6.09 Å². The van der Waals surface area contributed by atoms with Crippen molar-refractivity contribution in [3.8, 4) is 0 Å². The third-order valence-electron chi connectivity index (χ3n) is 3.32. The molecule has 0 spiro atoms. The Balaban J connectivity index is 3.22. The van der Waals surface area contributed by atoms with E-state index in [1.807, 2.05) is 11.8 Å². The van der Waals surface area contributed by atoms with Gasteiger partial charge in [-0.25, -0.2) is 4.79 Å². The van der Waals surface area contributed by atoms with Gasteiger partial charge in [0.25, 0.3) is 0 Å². The minimum absolute atomic E-state index is 0.109. The summed E-state index contributed by atoms with van der Waals surface area (Å²) in [5.74, 6) is 5.89. The molecule has 0 fully saturated rings. The van der Waals surface area contributed by atoms with Crippen LogP contribution < -0.4 is 5.32 Å². The molecule has 0 aliphatic rings. The van der Waals surface area contributed by atoms with Crippen molar-refractivity contribution in [2.24, 2.45) is 9.98 Å². The standard InChI is InChI=1S/C20H39N3O7S7/c1-2-31-8-3-21-13-28-27-7-12-35-18-33-10-5-23-20(25)26-6-11-34-17-32-9-4-22-14-29-30-16-37-19-36-15-24/h13-14,24H,2-12,15-19H2,1H3,(H,23,25)/b21-13+,22-14+. The molecule has 218 valence electrons. The van der Waals surface area contributed by atoms with E-state index in [1.165, 1.54) is 36.3 Å². The quantitative estimate of drug-likeness (QED) is 0.0291. The highest BCUT2D eigenvalue weighted by molar-refractivity contribution is 8.16. The van der Waals surface area contributed by atoms with Crippen molar-refractivity contribution in [1.29, 1.82) is 0 Å². The van der Waals surface area contributed by atoms with Crippen LogP contribution in [-0.4, -0.2) is 118 Å². The van der Waals surface area contributed by atoms with Crippen LogP contribution in [0.1, 0.15) is 6.92 Å². The number of hydrogen-bond donors (Lipinski definition) is 2. The fourth-order valence-corrected chi connectivity index (χ4v) is 7.15. The van der Waals surface area contributed by atoms with Crippen LogP contribution in [-0.2, 0) is 24.3 Å². The summed E-state index contributed by atoms with van der Waals surface area (Å²) < 4.78 is 5.17. The SMILES string of the molecule is CCSCC/N=C/OOCCSCSCCNC(=O)OCCSCSCC/N=C/OOCSCSCO. The zero-order chi connectivity index (χ0) is 26.9. The van der Waals surface area contributed by atoms with Crippen molar-refractivity contribution < 1.29 is 34.2 Å². The van der Waals surface area contributed by atoms with Crippen molar-refractivity contribution in [1.82, 2.24) is 5.32 Å². The van der Waals surface area contributed by atoms with Gasteiger partial charge in [0.15, 0.2) is 0 Å². The van der Waals surface area contributed by atoms with Gasteiger partial charge in [0, 0.05) is 50.6 Å². The van der Waals surface area contributed by atoms with Crippen molar-refractivity contribution in [3.05, 3.63) is 0 Å². The lowest BCUT2D eigenvalue weighted by Gasteiger charge is -2.07.